The van der Waals surface area contributed by atoms with Crippen LogP contribution >= 0.6 is 11.3 Å². The number of amides is 1. The SMILES string of the molecule is N#Cc1c(NC(=O)COc2ccc(S(=O)(=O)N3CCCCC3)cc2)sc2c1CCCCC2. The van der Waals surface area contributed by atoms with Crippen molar-refractivity contribution >= 4 is 32.3 Å². The predicted molar refractivity (Wildman–Crippen MR) is 123 cm³/mol. The summed E-state index contributed by atoms with van der Waals surface area (Å²) < 4.78 is 32.5. The van der Waals surface area contributed by atoms with Crippen molar-refractivity contribution in [2.75, 3.05) is 25.0 Å². The summed E-state index contributed by atoms with van der Waals surface area (Å²) in [5.74, 6) is 0.0723. The second-order valence-corrected chi connectivity index (χ2v) is 11.2. The molecular weight excluding hydrogens is 446 g/mol. The molecule has 1 amide bonds. The zero-order valence-corrected chi connectivity index (χ0v) is 19.6. The van der Waals surface area contributed by atoms with E-state index in [0.29, 0.717) is 29.4 Å². The molecule has 0 saturated carbocycles. The summed E-state index contributed by atoms with van der Waals surface area (Å²) in [6.45, 7) is 0.890. The van der Waals surface area contributed by atoms with Crippen molar-refractivity contribution in [2.24, 2.45) is 0 Å². The maximum absolute atomic E-state index is 12.7. The first-order chi connectivity index (χ1) is 15.5. The highest BCUT2D eigenvalue weighted by Crippen LogP contribution is 2.37. The van der Waals surface area contributed by atoms with E-state index in [9.17, 15) is 18.5 Å². The maximum Gasteiger partial charge on any atom is 0.262 e. The molecule has 2 aliphatic rings. The smallest absolute Gasteiger partial charge is 0.262 e. The number of anilines is 1. The monoisotopic (exact) mass is 473 g/mol. The Labute approximate surface area is 193 Å². The first-order valence-electron chi connectivity index (χ1n) is 11.1. The molecule has 1 saturated heterocycles. The van der Waals surface area contributed by atoms with Crippen LogP contribution in [-0.4, -0.2) is 38.3 Å². The van der Waals surface area contributed by atoms with Crippen LogP contribution in [0.1, 0.15) is 54.5 Å². The zero-order valence-electron chi connectivity index (χ0n) is 17.9. The number of hydrogen-bond acceptors (Lipinski definition) is 6. The number of carbonyl (C=O) groups is 1. The van der Waals surface area contributed by atoms with Crippen molar-refractivity contribution in [1.29, 1.82) is 5.26 Å². The number of sulfonamides is 1. The van der Waals surface area contributed by atoms with Crippen LogP contribution in [0.4, 0.5) is 5.00 Å². The van der Waals surface area contributed by atoms with Crippen LogP contribution in [0.3, 0.4) is 0 Å². The lowest BCUT2D eigenvalue weighted by atomic mass is 10.1. The highest BCUT2D eigenvalue weighted by molar-refractivity contribution is 7.89. The lowest BCUT2D eigenvalue weighted by molar-refractivity contribution is -0.118. The van der Waals surface area contributed by atoms with Crippen LogP contribution in [0.25, 0.3) is 0 Å². The molecule has 0 atom stereocenters. The van der Waals surface area contributed by atoms with Crippen LogP contribution in [0.5, 0.6) is 5.75 Å². The Morgan fingerprint density at radius 3 is 2.47 bits per heavy atom. The average molecular weight is 474 g/mol. The van der Waals surface area contributed by atoms with E-state index < -0.39 is 10.0 Å². The third-order valence-electron chi connectivity index (χ3n) is 5.93. The molecule has 0 radical (unpaired) electrons. The third-order valence-corrected chi connectivity index (χ3v) is 9.05. The van der Waals surface area contributed by atoms with Crippen LogP contribution in [0.2, 0.25) is 0 Å². The van der Waals surface area contributed by atoms with E-state index in [0.717, 1.165) is 50.5 Å². The summed E-state index contributed by atoms with van der Waals surface area (Å²) in [6, 6.07) is 8.42. The quantitative estimate of drug-likeness (QED) is 0.637. The fourth-order valence-corrected chi connectivity index (χ4v) is 7.00. The first-order valence-corrected chi connectivity index (χ1v) is 13.3. The van der Waals surface area contributed by atoms with Crippen molar-refractivity contribution in [3.05, 3.63) is 40.3 Å². The van der Waals surface area contributed by atoms with E-state index in [1.54, 1.807) is 12.1 Å². The van der Waals surface area contributed by atoms with Gasteiger partial charge in [-0.2, -0.15) is 9.57 Å². The fourth-order valence-electron chi connectivity index (χ4n) is 4.22. The highest BCUT2D eigenvalue weighted by atomic mass is 32.2. The molecule has 1 fully saturated rings. The second kappa shape index (κ2) is 10.0. The molecule has 32 heavy (non-hydrogen) atoms. The van der Waals surface area contributed by atoms with Crippen LogP contribution in [-0.2, 0) is 27.7 Å². The Morgan fingerprint density at radius 2 is 1.75 bits per heavy atom. The molecule has 1 N–H and O–H groups in total. The number of aryl methyl sites for hydroxylation is 1. The topological polar surface area (TPSA) is 99.5 Å². The number of hydrogen-bond donors (Lipinski definition) is 1. The third kappa shape index (κ3) is 4.98. The van der Waals surface area contributed by atoms with Crippen molar-refractivity contribution < 1.29 is 17.9 Å². The van der Waals surface area contributed by atoms with Gasteiger partial charge in [0.1, 0.15) is 16.8 Å². The van der Waals surface area contributed by atoms with Gasteiger partial charge in [-0.1, -0.05) is 12.8 Å². The molecule has 0 bridgehead atoms. The second-order valence-electron chi connectivity index (χ2n) is 8.15. The van der Waals surface area contributed by atoms with E-state index in [4.69, 9.17) is 4.74 Å². The number of rotatable bonds is 6. The fraction of sp³-hybridized carbons (Fsp3) is 0.478. The Hall–Kier alpha value is -2.41. The van der Waals surface area contributed by atoms with Gasteiger partial charge in [-0.15, -0.1) is 11.3 Å². The number of piperidine rings is 1. The molecule has 0 spiro atoms. The molecule has 1 aliphatic carbocycles. The van der Waals surface area contributed by atoms with Crippen molar-refractivity contribution in [3.8, 4) is 11.8 Å². The number of nitrogens with one attached hydrogen (secondary N) is 1. The van der Waals surface area contributed by atoms with Crippen molar-refractivity contribution in [2.45, 2.75) is 56.3 Å². The number of carbonyl (C=O) groups excluding carboxylic acids is 1. The van der Waals surface area contributed by atoms with Gasteiger partial charge >= 0.3 is 0 Å². The molecule has 4 rings (SSSR count). The molecule has 1 aromatic carbocycles. The van der Waals surface area contributed by atoms with Gasteiger partial charge in [0.05, 0.1) is 10.5 Å². The molecular formula is C23H27N3O4S2. The average Bonchev–Trinajstić information content (AvgIpc) is 2.97. The number of fused-ring (bicyclic) bond motifs is 1. The van der Waals surface area contributed by atoms with Gasteiger partial charge in [0, 0.05) is 18.0 Å². The minimum Gasteiger partial charge on any atom is -0.484 e. The van der Waals surface area contributed by atoms with Crippen molar-refractivity contribution in [3.63, 3.8) is 0 Å². The summed E-state index contributed by atoms with van der Waals surface area (Å²) in [7, 11) is -3.49. The Kier molecular flexibility index (Phi) is 7.13. The normalized spacial score (nSPS) is 17.1. The van der Waals surface area contributed by atoms with Gasteiger partial charge in [-0.05, 0) is 68.4 Å². The summed E-state index contributed by atoms with van der Waals surface area (Å²) >= 11 is 1.49. The van der Waals surface area contributed by atoms with Gasteiger partial charge in [0.2, 0.25) is 10.0 Å². The van der Waals surface area contributed by atoms with Gasteiger partial charge in [-0.3, -0.25) is 4.79 Å². The van der Waals surface area contributed by atoms with Gasteiger partial charge in [0.15, 0.2) is 6.61 Å². The van der Waals surface area contributed by atoms with Crippen LogP contribution < -0.4 is 10.1 Å². The predicted octanol–water partition coefficient (Wildman–Crippen LogP) is 4.08. The van der Waals surface area contributed by atoms with E-state index in [2.05, 4.69) is 11.4 Å². The highest BCUT2D eigenvalue weighted by Gasteiger charge is 2.26. The van der Waals surface area contributed by atoms with E-state index in [-0.39, 0.29) is 17.4 Å². The number of ether oxygens (including phenoxy) is 1. The van der Waals surface area contributed by atoms with Crippen molar-refractivity contribution in [1.82, 2.24) is 4.31 Å². The molecule has 0 unspecified atom stereocenters. The minimum absolute atomic E-state index is 0.217. The van der Waals surface area contributed by atoms with E-state index in [1.165, 1.54) is 39.1 Å². The summed E-state index contributed by atoms with van der Waals surface area (Å²) in [4.78, 5) is 13.9. The van der Waals surface area contributed by atoms with Crippen LogP contribution in [0.15, 0.2) is 29.2 Å². The molecule has 170 valence electrons. The number of nitriles is 1. The van der Waals surface area contributed by atoms with Crippen LogP contribution in [0, 0.1) is 11.3 Å². The molecule has 9 heteroatoms. The molecule has 2 aromatic rings. The largest absolute Gasteiger partial charge is 0.484 e. The summed E-state index contributed by atoms with van der Waals surface area (Å²) in [6.07, 6.45) is 8.01. The lowest BCUT2D eigenvalue weighted by Crippen LogP contribution is -2.35. The lowest BCUT2D eigenvalue weighted by Gasteiger charge is -2.25. The summed E-state index contributed by atoms with van der Waals surface area (Å²) in [5, 5.41) is 13.0. The molecule has 1 aliphatic heterocycles. The number of benzene rings is 1. The molecule has 7 nitrogen and oxygen atoms in total. The van der Waals surface area contributed by atoms with Gasteiger partial charge < -0.3 is 10.1 Å². The standard InChI is InChI=1S/C23H27N3O4S2/c24-15-20-19-7-3-1-4-8-21(19)31-23(20)25-22(27)16-30-17-9-11-18(12-10-17)32(28,29)26-13-5-2-6-14-26/h9-12H,1-8,13-14,16H2,(H,25,27). The Bertz CT molecular complexity index is 1110. The Morgan fingerprint density at radius 1 is 1.06 bits per heavy atom. The van der Waals surface area contributed by atoms with E-state index in [1.807, 2.05) is 0 Å². The van der Waals surface area contributed by atoms with E-state index >= 15 is 0 Å². The number of nitrogens with zero attached hydrogens (tertiary/aromatic N) is 2. The Balaban J connectivity index is 1.36. The zero-order chi connectivity index (χ0) is 22.6. The molecule has 2 heterocycles. The molecule has 1 aromatic heterocycles. The van der Waals surface area contributed by atoms with Gasteiger partial charge in [-0.25, -0.2) is 8.42 Å². The minimum atomic E-state index is -3.49. The summed E-state index contributed by atoms with van der Waals surface area (Å²) in [5.41, 5.74) is 1.66. The number of thiophene rings is 1. The maximum atomic E-state index is 12.7. The first kappa shape index (κ1) is 22.8. The van der Waals surface area contributed by atoms with Gasteiger partial charge in [0.25, 0.3) is 5.91 Å².